The van der Waals surface area contributed by atoms with Crippen molar-refractivity contribution in [1.82, 2.24) is 20.4 Å². The van der Waals surface area contributed by atoms with Crippen LogP contribution in [0.5, 0.6) is 5.75 Å². The number of hydrogen-bond donors (Lipinski definition) is 2. The monoisotopic (exact) mass is 490 g/mol. The molecule has 2 heterocycles. The van der Waals surface area contributed by atoms with Crippen LogP contribution < -0.4 is 15.4 Å². The maximum absolute atomic E-state index is 13.8. The third-order valence-corrected chi connectivity index (χ3v) is 11.6. The quantitative estimate of drug-likeness (QED) is 0.665. The van der Waals surface area contributed by atoms with Gasteiger partial charge in [0.2, 0.25) is 5.91 Å². The SMILES string of the molecule is COc1ccc2c(c1)C13C(CNCC4CC4)C(C2)C12CCC1C3[C@@H](CN1C(=O)N1CCNC(=O)C1)C2. The molecule has 7 aliphatic rings. The van der Waals surface area contributed by atoms with Crippen LogP contribution in [0.4, 0.5) is 4.79 Å². The van der Waals surface area contributed by atoms with Crippen molar-refractivity contribution in [3.05, 3.63) is 29.3 Å². The van der Waals surface area contributed by atoms with Crippen molar-refractivity contribution in [1.29, 1.82) is 0 Å². The molecule has 1 aromatic rings. The zero-order chi connectivity index (χ0) is 24.2. The summed E-state index contributed by atoms with van der Waals surface area (Å²) in [5, 5.41) is 6.78. The highest BCUT2D eigenvalue weighted by atomic mass is 16.5. The lowest BCUT2D eigenvalue weighted by atomic mass is 9.29. The lowest BCUT2D eigenvalue weighted by Gasteiger charge is -2.75. The number of carbonyl (C=O) groups is 2. The number of carbonyl (C=O) groups excluding carboxylic acids is 2. The number of methoxy groups -OCH3 is 1. The minimum absolute atomic E-state index is 0.0350. The number of piperazine rings is 1. The lowest BCUT2D eigenvalue weighted by molar-refractivity contribution is -0.193. The number of ether oxygens (including phenoxy) is 1. The molecule has 192 valence electrons. The first-order valence-electron chi connectivity index (χ1n) is 14.3. The van der Waals surface area contributed by atoms with Crippen LogP contribution in [0.15, 0.2) is 18.2 Å². The minimum atomic E-state index is -0.0350. The Labute approximate surface area is 213 Å². The molecular weight excluding hydrogens is 452 g/mol. The van der Waals surface area contributed by atoms with Gasteiger partial charge < -0.3 is 25.2 Å². The normalized spacial score (nSPS) is 41.4. The molecule has 4 bridgehead atoms. The Kier molecular flexibility index (Phi) is 4.47. The number of fused-ring (bicyclic) bond motifs is 2. The number of hydrogen-bond acceptors (Lipinski definition) is 4. The highest BCUT2D eigenvalue weighted by Crippen LogP contribution is 2.84. The first-order valence-corrected chi connectivity index (χ1v) is 14.3. The molecule has 7 heteroatoms. The van der Waals surface area contributed by atoms with E-state index < -0.39 is 0 Å². The van der Waals surface area contributed by atoms with Gasteiger partial charge in [0.15, 0.2) is 0 Å². The molecule has 0 aromatic heterocycles. The maximum Gasteiger partial charge on any atom is 0.320 e. The van der Waals surface area contributed by atoms with Gasteiger partial charge in [-0.1, -0.05) is 6.07 Å². The van der Waals surface area contributed by atoms with Crippen LogP contribution in [0.25, 0.3) is 0 Å². The van der Waals surface area contributed by atoms with Gasteiger partial charge in [-0.3, -0.25) is 4.79 Å². The number of likely N-dealkylation sites (tertiary alicyclic amines) is 1. The summed E-state index contributed by atoms with van der Waals surface area (Å²) in [5.74, 6) is 4.30. The number of rotatable bonds is 5. The molecule has 6 fully saturated rings. The van der Waals surface area contributed by atoms with Gasteiger partial charge in [0.1, 0.15) is 12.3 Å². The summed E-state index contributed by atoms with van der Waals surface area (Å²) >= 11 is 0. The number of nitrogens with one attached hydrogen (secondary N) is 2. The maximum atomic E-state index is 13.8. The van der Waals surface area contributed by atoms with E-state index in [2.05, 4.69) is 33.7 Å². The summed E-state index contributed by atoms with van der Waals surface area (Å²) in [4.78, 5) is 29.8. The molecule has 2 saturated heterocycles. The third-order valence-electron chi connectivity index (χ3n) is 11.6. The Morgan fingerprint density at radius 1 is 1.25 bits per heavy atom. The predicted molar refractivity (Wildman–Crippen MR) is 135 cm³/mol. The Morgan fingerprint density at radius 2 is 2.14 bits per heavy atom. The summed E-state index contributed by atoms with van der Waals surface area (Å²) in [6.07, 6.45) is 7.58. The van der Waals surface area contributed by atoms with E-state index in [1.165, 1.54) is 37.7 Å². The highest BCUT2D eigenvalue weighted by molar-refractivity contribution is 5.85. The zero-order valence-electron chi connectivity index (χ0n) is 21.3. The average Bonchev–Trinajstić information content (AvgIpc) is 3.62. The molecule has 2 aliphatic heterocycles. The summed E-state index contributed by atoms with van der Waals surface area (Å²) in [7, 11) is 1.78. The van der Waals surface area contributed by atoms with Crippen molar-refractivity contribution in [2.24, 2.45) is 35.0 Å². The number of nitrogens with zero attached hydrogens (tertiary/aromatic N) is 2. The molecule has 1 spiro atoms. The molecule has 0 radical (unpaired) electrons. The smallest absolute Gasteiger partial charge is 0.320 e. The van der Waals surface area contributed by atoms with Crippen molar-refractivity contribution in [2.45, 2.75) is 50.0 Å². The lowest BCUT2D eigenvalue weighted by Crippen LogP contribution is -2.76. The van der Waals surface area contributed by atoms with E-state index in [4.69, 9.17) is 4.74 Å². The summed E-state index contributed by atoms with van der Waals surface area (Å²) in [6.45, 7) is 4.51. The fourth-order valence-corrected chi connectivity index (χ4v) is 10.5. The molecule has 8 rings (SSSR count). The molecule has 3 amide bonds. The van der Waals surface area contributed by atoms with E-state index in [0.29, 0.717) is 36.3 Å². The zero-order valence-corrected chi connectivity index (χ0v) is 21.3. The van der Waals surface area contributed by atoms with E-state index in [9.17, 15) is 9.59 Å². The molecule has 1 aromatic carbocycles. The van der Waals surface area contributed by atoms with Gasteiger partial charge in [0.25, 0.3) is 0 Å². The van der Waals surface area contributed by atoms with Gasteiger partial charge in [0.05, 0.1) is 7.11 Å². The van der Waals surface area contributed by atoms with Crippen LogP contribution in [0.3, 0.4) is 0 Å². The molecule has 5 aliphatic carbocycles. The minimum Gasteiger partial charge on any atom is -0.497 e. The molecule has 36 heavy (non-hydrogen) atoms. The van der Waals surface area contributed by atoms with Gasteiger partial charge >= 0.3 is 6.03 Å². The Balaban J connectivity index is 1.18. The van der Waals surface area contributed by atoms with E-state index in [1.807, 2.05) is 0 Å². The van der Waals surface area contributed by atoms with Crippen molar-refractivity contribution < 1.29 is 14.3 Å². The number of benzene rings is 1. The van der Waals surface area contributed by atoms with Gasteiger partial charge in [0, 0.05) is 31.1 Å². The first-order chi connectivity index (χ1) is 17.6. The Hall–Kier alpha value is -2.28. The van der Waals surface area contributed by atoms with Crippen LogP contribution in [-0.4, -0.2) is 74.2 Å². The van der Waals surface area contributed by atoms with Crippen molar-refractivity contribution in [3.8, 4) is 5.75 Å². The summed E-state index contributed by atoms with van der Waals surface area (Å²) in [6, 6.07) is 7.22. The van der Waals surface area contributed by atoms with Gasteiger partial charge in [-0.2, -0.15) is 0 Å². The van der Waals surface area contributed by atoms with E-state index in [1.54, 1.807) is 17.6 Å². The van der Waals surface area contributed by atoms with Crippen LogP contribution in [0.1, 0.15) is 43.2 Å². The second kappa shape index (κ2) is 7.40. The Morgan fingerprint density at radius 3 is 2.94 bits per heavy atom. The van der Waals surface area contributed by atoms with Crippen molar-refractivity contribution in [2.75, 3.05) is 46.4 Å². The van der Waals surface area contributed by atoms with Crippen LogP contribution in [-0.2, 0) is 16.6 Å². The van der Waals surface area contributed by atoms with Gasteiger partial charge in [-0.05, 0) is 110 Å². The molecule has 7 atom stereocenters. The van der Waals surface area contributed by atoms with E-state index >= 15 is 0 Å². The fraction of sp³-hybridized carbons (Fsp3) is 0.724. The second-order valence-corrected chi connectivity index (χ2v) is 12.9. The largest absolute Gasteiger partial charge is 0.497 e. The van der Waals surface area contributed by atoms with E-state index in [-0.39, 0.29) is 29.9 Å². The Bertz CT molecular complexity index is 1140. The standard InChI is InChI=1S/C29H38N4O3/c1-36-20-5-4-18-10-22-23(14-30-13-17-2-3-17)29(21(18)11-20)26-19-12-28(22,29)7-6-24(26)33(15-19)27(35)32-9-8-31-25(34)16-32/h4-5,11,17,19,22-24,26,30H,2-3,6-10,12-16H2,1H3,(H,31,34)/t19-,22?,23?,24?,26?,28?,29?/m1/s1. The van der Waals surface area contributed by atoms with Crippen molar-refractivity contribution in [3.63, 3.8) is 0 Å². The van der Waals surface area contributed by atoms with Crippen molar-refractivity contribution >= 4 is 11.9 Å². The third kappa shape index (κ3) is 2.58. The molecule has 6 unspecified atom stereocenters. The topological polar surface area (TPSA) is 73.9 Å². The molecule has 2 N–H and O–H groups in total. The summed E-state index contributed by atoms with van der Waals surface area (Å²) < 4.78 is 5.76. The second-order valence-electron chi connectivity index (χ2n) is 12.9. The molecular formula is C29H38N4O3. The van der Waals surface area contributed by atoms with Crippen LogP contribution >= 0.6 is 0 Å². The number of amides is 3. The highest BCUT2D eigenvalue weighted by Gasteiger charge is 2.84. The molecule has 7 nitrogen and oxygen atoms in total. The number of urea groups is 1. The van der Waals surface area contributed by atoms with Crippen LogP contribution in [0.2, 0.25) is 0 Å². The van der Waals surface area contributed by atoms with Gasteiger partial charge in [-0.25, -0.2) is 4.79 Å². The molecule has 4 saturated carbocycles. The van der Waals surface area contributed by atoms with Gasteiger partial charge in [-0.15, -0.1) is 0 Å². The fourth-order valence-electron chi connectivity index (χ4n) is 10.5. The first kappa shape index (κ1) is 21.8. The predicted octanol–water partition coefficient (Wildman–Crippen LogP) is 2.39. The summed E-state index contributed by atoms with van der Waals surface area (Å²) in [5.41, 5.74) is 3.61. The van der Waals surface area contributed by atoms with Crippen LogP contribution in [0, 0.1) is 35.0 Å². The van der Waals surface area contributed by atoms with E-state index in [0.717, 1.165) is 43.6 Å². The average molecular weight is 491 g/mol.